The number of pyridine rings is 1. The number of rotatable bonds is 6. The number of carbonyl (C=O) groups excluding carboxylic acids is 1. The Hall–Kier alpha value is -4.45. The monoisotopic (exact) mass is 569 g/mol. The number of amides is 1. The molecule has 5 heterocycles. The van der Waals surface area contributed by atoms with Gasteiger partial charge in [-0.3, -0.25) is 19.4 Å². The molecule has 3 aromatic heterocycles. The van der Waals surface area contributed by atoms with Crippen LogP contribution in [0.2, 0.25) is 0 Å². The number of aliphatic imine (C=N–C) groups is 1. The summed E-state index contributed by atoms with van der Waals surface area (Å²) in [4.78, 5) is 29.0. The van der Waals surface area contributed by atoms with Crippen LogP contribution in [0.3, 0.4) is 0 Å². The highest BCUT2D eigenvalue weighted by Gasteiger charge is 2.45. The number of benzene rings is 1. The first-order chi connectivity index (χ1) is 19.9. The van der Waals surface area contributed by atoms with Crippen molar-refractivity contribution in [2.75, 3.05) is 18.6 Å². The number of aromatic nitrogens is 4. The van der Waals surface area contributed by atoms with Crippen molar-refractivity contribution in [3.8, 4) is 22.4 Å². The van der Waals surface area contributed by atoms with Crippen LogP contribution in [0.15, 0.2) is 64.7 Å². The van der Waals surface area contributed by atoms with Crippen molar-refractivity contribution in [1.29, 1.82) is 5.41 Å². The Balaban J connectivity index is 1.40. The number of hydrogen-bond donors (Lipinski definition) is 3. The highest BCUT2D eigenvalue weighted by atomic mass is 32.2. The van der Waals surface area contributed by atoms with Crippen molar-refractivity contribution in [3.63, 3.8) is 0 Å². The zero-order valence-electron chi connectivity index (χ0n) is 22.8. The first-order valence-electron chi connectivity index (χ1n) is 13.5. The number of anilines is 1. The number of nitrogens with one attached hydrogen (secondary N) is 2. The van der Waals surface area contributed by atoms with Crippen molar-refractivity contribution in [3.05, 3.63) is 60.6 Å². The second-order valence-electron chi connectivity index (χ2n) is 10.4. The molecule has 2 fully saturated rings. The van der Waals surface area contributed by atoms with Crippen LogP contribution < -0.4 is 11.1 Å². The zero-order chi connectivity index (χ0) is 28.7. The Morgan fingerprint density at radius 2 is 1.85 bits per heavy atom. The zero-order valence-corrected chi connectivity index (χ0v) is 23.6. The maximum Gasteiger partial charge on any atom is 0.289 e. The highest BCUT2D eigenvalue weighted by molar-refractivity contribution is 7.84. The quantitative estimate of drug-likeness (QED) is 0.237. The van der Waals surface area contributed by atoms with E-state index < -0.39 is 10.8 Å². The molecule has 4 N–H and O–H groups in total. The molecule has 1 amide bonds. The lowest BCUT2D eigenvalue weighted by Gasteiger charge is -2.39. The van der Waals surface area contributed by atoms with Crippen LogP contribution in [0.5, 0.6) is 0 Å². The molecule has 4 atom stereocenters. The van der Waals surface area contributed by atoms with E-state index in [0.29, 0.717) is 29.2 Å². The Kier molecular flexibility index (Phi) is 7.08. The molecule has 2 aliphatic rings. The van der Waals surface area contributed by atoms with Gasteiger partial charge in [0.2, 0.25) is 0 Å². The minimum absolute atomic E-state index is 0.00483. The Morgan fingerprint density at radius 1 is 1.12 bits per heavy atom. The summed E-state index contributed by atoms with van der Waals surface area (Å²) in [6, 6.07) is 14.0. The van der Waals surface area contributed by atoms with Crippen LogP contribution in [0.1, 0.15) is 37.3 Å². The molecule has 41 heavy (non-hydrogen) atoms. The van der Waals surface area contributed by atoms with Crippen molar-refractivity contribution in [1.82, 2.24) is 24.5 Å². The van der Waals surface area contributed by atoms with E-state index in [-0.39, 0.29) is 29.7 Å². The fourth-order valence-electron chi connectivity index (χ4n) is 6.30. The van der Waals surface area contributed by atoms with Gasteiger partial charge in [-0.15, -0.1) is 0 Å². The van der Waals surface area contributed by atoms with E-state index in [0.717, 1.165) is 47.3 Å². The average Bonchev–Trinajstić information content (AvgIpc) is 3.53. The minimum Gasteiger partial charge on any atom is -0.379 e. The Labute approximate surface area is 239 Å². The summed E-state index contributed by atoms with van der Waals surface area (Å²) >= 11 is 0. The second kappa shape index (κ2) is 10.8. The summed E-state index contributed by atoms with van der Waals surface area (Å²) in [7, 11) is 0.453. The maximum atomic E-state index is 13.2. The standard InChI is InChI=1S/C29H31N9O2S/c1-32-28-25(41(2)40)24(19-12-20-9-10-21(13-19)37(20)29(39)26(31)34-16-30)36-27-22(15-35-38(27)28)18-8-11-23(33-14-18)17-6-4-3-5-7-17/h3-8,11,14-16,19-21,32H,9-10,12-13H2,1-2H3,(H3,30,31,34)/t19?,20-,21+,41?. The van der Waals surface area contributed by atoms with E-state index in [4.69, 9.17) is 21.1 Å². The number of amidine groups is 1. The predicted octanol–water partition coefficient (Wildman–Crippen LogP) is 3.44. The largest absolute Gasteiger partial charge is 0.379 e. The van der Waals surface area contributed by atoms with Gasteiger partial charge in [-0.25, -0.2) is 9.98 Å². The molecule has 12 heteroatoms. The van der Waals surface area contributed by atoms with Crippen molar-refractivity contribution >= 4 is 40.3 Å². The molecule has 2 bridgehead atoms. The van der Waals surface area contributed by atoms with Gasteiger partial charge in [0, 0.05) is 54.2 Å². The number of carbonyl (C=O) groups is 1. The van der Waals surface area contributed by atoms with Crippen LogP contribution in [-0.2, 0) is 15.6 Å². The van der Waals surface area contributed by atoms with Crippen LogP contribution in [0.4, 0.5) is 5.82 Å². The van der Waals surface area contributed by atoms with E-state index in [1.807, 2.05) is 53.6 Å². The van der Waals surface area contributed by atoms with Crippen molar-refractivity contribution in [2.45, 2.75) is 48.6 Å². The number of hydrogen-bond acceptors (Lipinski definition) is 7. The minimum atomic E-state index is -1.34. The SMILES string of the molecule is CNc1c(S(C)=O)c(C2C[C@H]3CC[C@@H](C2)N3C(=O)C(N)=NC=N)nc2c(-c3ccc(-c4ccccc4)nc3)cnn12. The molecule has 4 aromatic rings. The summed E-state index contributed by atoms with van der Waals surface area (Å²) in [6.07, 6.45) is 9.10. The summed E-state index contributed by atoms with van der Waals surface area (Å²) in [5.74, 6) is 0.134. The predicted molar refractivity (Wildman–Crippen MR) is 160 cm³/mol. The van der Waals surface area contributed by atoms with Gasteiger partial charge < -0.3 is 16.0 Å². The molecular weight excluding hydrogens is 538 g/mol. The van der Waals surface area contributed by atoms with Gasteiger partial charge in [0.1, 0.15) is 17.1 Å². The van der Waals surface area contributed by atoms with Crippen LogP contribution in [0.25, 0.3) is 28.0 Å². The van der Waals surface area contributed by atoms with Gasteiger partial charge in [-0.2, -0.15) is 9.61 Å². The normalized spacial score (nSPS) is 21.2. The van der Waals surface area contributed by atoms with Crippen LogP contribution >= 0.6 is 0 Å². The topological polar surface area (TPSA) is 155 Å². The first-order valence-corrected chi connectivity index (χ1v) is 15.1. The fourth-order valence-corrected chi connectivity index (χ4v) is 7.27. The third-order valence-electron chi connectivity index (χ3n) is 8.08. The number of nitrogens with zero attached hydrogens (tertiary/aromatic N) is 6. The first kappa shape index (κ1) is 26.8. The third-order valence-corrected chi connectivity index (χ3v) is 9.05. The number of piperidine rings is 1. The molecule has 0 radical (unpaired) electrons. The van der Waals surface area contributed by atoms with Gasteiger partial charge in [-0.05, 0) is 31.7 Å². The van der Waals surface area contributed by atoms with E-state index in [1.54, 1.807) is 24.0 Å². The number of fused-ring (bicyclic) bond motifs is 3. The molecule has 2 saturated heterocycles. The van der Waals surface area contributed by atoms with E-state index >= 15 is 0 Å². The lowest BCUT2D eigenvalue weighted by Crippen LogP contribution is -2.50. The van der Waals surface area contributed by atoms with Gasteiger partial charge in [0.25, 0.3) is 5.91 Å². The second-order valence-corrected chi connectivity index (χ2v) is 11.7. The Bertz CT molecular complexity index is 1670. The van der Waals surface area contributed by atoms with Gasteiger partial charge in [0.15, 0.2) is 11.5 Å². The lowest BCUT2D eigenvalue weighted by atomic mass is 9.87. The molecule has 2 unspecified atom stereocenters. The van der Waals surface area contributed by atoms with Gasteiger partial charge in [-0.1, -0.05) is 36.4 Å². The summed E-state index contributed by atoms with van der Waals surface area (Å²) in [6.45, 7) is 0. The van der Waals surface area contributed by atoms with Crippen LogP contribution in [-0.4, -0.2) is 72.2 Å². The maximum absolute atomic E-state index is 13.2. The molecule has 0 aliphatic carbocycles. The highest BCUT2D eigenvalue weighted by Crippen LogP contribution is 2.45. The van der Waals surface area contributed by atoms with Crippen molar-refractivity contribution in [2.24, 2.45) is 10.7 Å². The molecule has 2 aliphatic heterocycles. The fraction of sp³-hybridized carbons (Fsp3) is 0.310. The van der Waals surface area contributed by atoms with Gasteiger partial charge in [0.05, 0.1) is 28.4 Å². The summed E-state index contributed by atoms with van der Waals surface area (Å²) < 4.78 is 14.9. The average molecular weight is 570 g/mol. The molecule has 0 spiro atoms. The van der Waals surface area contributed by atoms with Crippen molar-refractivity contribution < 1.29 is 9.00 Å². The summed E-state index contributed by atoms with van der Waals surface area (Å²) in [5, 5.41) is 15.0. The van der Waals surface area contributed by atoms with E-state index in [2.05, 4.69) is 15.4 Å². The molecule has 1 aromatic carbocycles. The van der Waals surface area contributed by atoms with Crippen LogP contribution in [0, 0.1) is 5.41 Å². The van der Waals surface area contributed by atoms with E-state index in [1.165, 1.54) is 0 Å². The Morgan fingerprint density at radius 3 is 2.46 bits per heavy atom. The molecule has 0 saturated carbocycles. The molecule has 210 valence electrons. The third kappa shape index (κ3) is 4.67. The van der Waals surface area contributed by atoms with Gasteiger partial charge >= 0.3 is 0 Å². The smallest absolute Gasteiger partial charge is 0.289 e. The summed E-state index contributed by atoms with van der Waals surface area (Å²) in [5.41, 5.74) is 10.9. The molecular formula is C29H31N9O2S. The van der Waals surface area contributed by atoms with E-state index in [9.17, 15) is 9.00 Å². The molecule has 11 nitrogen and oxygen atoms in total. The lowest BCUT2D eigenvalue weighted by molar-refractivity contribution is -0.128. The number of nitrogens with two attached hydrogens (primary N) is 1. The molecule has 6 rings (SSSR count).